The summed E-state index contributed by atoms with van der Waals surface area (Å²) in [5.41, 5.74) is -2.72. The van der Waals surface area contributed by atoms with Crippen molar-refractivity contribution < 1.29 is 106 Å². The Morgan fingerprint density at radius 1 is 0.459 bits per heavy atom. The molecule has 2 rings (SSSR count). The zero-order chi connectivity index (χ0) is 72.5. The molecule has 11 atom stereocenters. The summed E-state index contributed by atoms with van der Waals surface area (Å²) in [6, 6.07) is -1.76. The number of rotatable bonds is 61. The summed E-state index contributed by atoms with van der Waals surface area (Å²) < 4.78 is 65.5. The Bertz CT molecular complexity index is 2250. The number of esters is 2. The molecule has 0 saturated carbocycles. The monoisotopic (exact) mass is 1440 g/mol. The van der Waals surface area contributed by atoms with E-state index in [0.717, 1.165) is 161 Å². The van der Waals surface area contributed by atoms with Crippen LogP contribution in [0, 0.1) is 0 Å². The molecule has 0 spiro atoms. The minimum atomic E-state index is -5.54. The van der Waals surface area contributed by atoms with Crippen LogP contribution in [0.4, 0.5) is 0 Å². The van der Waals surface area contributed by atoms with Crippen LogP contribution in [0.15, 0.2) is 0 Å². The van der Waals surface area contributed by atoms with E-state index in [1.807, 2.05) is 0 Å². The van der Waals surface area contributed by atoms with Crippen LogP contribution in [0.5, 0.6) is 0 Å². The largest absolute Gasteiger partial charge is 0.470 e. The van der Waals surface area contributed by atoms with Gasteiger partial charge in [-0.3, -0.25) is 37.8 Å². The lowest BCUT2D eigenvalue weighted by Gasteiger charge is -2.53. The second-order valence-corrected chi connectivity index (χ2v) is 29.5. The lowest BCUT2D eigenvalue weighted by molar-refractivity contribution is -0.319. The first-order valence-electron chi connectivity index (χ1n) is 37.9. The first-order chi connectivity index (χ1) is 47.0. The van der Waals surface area contributed by atoms with Crippen LogP contribution in [0.1, 0.15) is 317 Å². The van der Waals surface area contributed by atoms with Gasteiger partial charge in [-0.25, -0.2) is 9.13 Å². The molecule has 98 heavy (non-hydrogen) atoms. The maximum absolute atomic E-state index is 14.1. The van der Waals surface area contributed by atoms with Gasteiger partial charge in [0.15, 0.2) is 30.3 Å². The van der Waals surface area contributed by atoms with Crippen molar-refractivity contribution in [1.82, 2.24) is 21.3 Å². The molecule has 11 N–H and O–H groups in total. The van der Waals surface area contributed by atoms with Crippen molar-refractivity contribution in [3.05, 3.63) is 0 Å². The second kappa shape index (κ2) is 54.5. The van der Waals surface area contributed by atoms with Gasteiger partial charge in [-0.15, -0.1) is 0 Å². The van der Waals surface area contributed by atoms with Gasteiger partial charge in [0.05, 0.1) is 19.3 Å². The highest BCUT2D eigenvalue weighted by atomic mass is 31.2. The van der Waals surface area contributed by atoms with Crippen molar-refractivity contribution in [3.8, 4) is 0 Å². The predicted molar refractivity (Wildman–Crippen MR) is 373 cm³/mol. The van der Waals surface area contributed by atoms with Gasteiger partial charge in [-0.1, -0.05) is 259 Å². The van der Waals surface area contributed by atoms with E-state index in [9.17, 15) is 72.8 Å². The van der Waals surface area contributed by atoms with Crippen LogP contribution in [0.2, 0.25) is 0 Å². The van der Waals surface area contributed by atoms with Crippen molar-refractivity contribution >= 4 is 51.2 Å². The number of ether oxygens (including phenoxy) is 5. The molecule has 0 bridgehead atoms. The van der Waals surface area contributed by atoms with Gasteiger partial charge in [-0.05, 0) is 32.6 Å². The fourth-order valence-electron chi connectivity index (χ4n) is 12.8. The molecule has 0 aliphatic carbocycles. The summed E-state index contributed by atoms with van der Waals surface area (Å²) in [5, 5.41) is 45.8. The number of aliphatic hydroxyl groups is 3. The molecule has 2 heterocycles. The Balaban J connectivity index is 2.57. The summed E-state index contributed by atoms with van der Waals surface area (Å²) in [7, 11) is -11.1. The molecule has 1 unspecified atom stereocenters. The van der Waals surface area contributed by atoms with E-state index in [1.165, 1.54) is 64.2 Å². The lowest BCUT2D eigenvalue weighted by atomic mass is 9.78. The molecular formula is C70H132N4O22P2. The van der Waals surface area contributed by atoms with Gasteiger partial charge in [0.1, 0.15) is 43.5 Å². The Labute approximate surface area is 586 Å². The van der Waals surface area contributed by atoms with E-state index in [-0.39, 0.29) is 25.7 Å². The van der Waals surface area contributed by atoms with Crippen LogP contribution in [-0.2, 0) is 70.6 Å². The molecule has 0 radical (unpaired) electrons. The van der Waals surface area contributed by atoms with Crippen molar-refractivity contribution in [1.29, 1.82) is 0 Å². The van der Waals surface area contributed by atoms with Gasteiger partial charge >= 0.3 is 27.6 Å². The number of carbonyl (C=O) groups is 6. The first-order valence-corrected chi connectivity index (χ1v) is 40.9. The number of phosphoric ester groups is 2. The molecule has 0 aromatic carbocycles. The normalized spacial score (nSPS) is 22.3. The molecule has 4 amide bonds. The molecule has 2 saturated heterocycles. The molecular weight excluding hydrogens is 1310 g/mol. The molecule has 28 heteroatoms. The van der Waals surface area contributed by atoms with Crippen LogP contribution < -0.4 is 21.3 Å². The second-order valence-electron chi connectivity index (χ2n) is 27.1. The van der Waals surface area contributed by atoms with E-state index >= 15 is 0 Å². The maximum atomic E-state index is 14.1. The molecule has 0 aromatic rings. The minimum absolute atomic E-state index is 0.0662. The van der Waals surface area contributed by atoms with Crippen LogP contribution >= 0.6 is 15.6 Å². The van der Waals surface area contributed by atoms with E-state index in [0.29, 0.717) is 38.5 Å². The molecule has 2 fully saturated rings. The van der Waals surface area contributed by atoms with E-state index in [1.54, 1.807) is 0 Å². The summed E-state index contributed by atoms with van der Waals surface area (Å²) in [5.74, 6) is -4.84. The number of amides is 4. The number of phosphoric acid groups is 2. The number of hydrogen-bond donors (Lipinski definition) is 11. The third-order valence-corrected chi connectivity index (χ3v) is 19.6. The summed E-state index contributed by atoms with van der Waals surface area (Å²) >= 11 is 0. The minimum Gasteiger partial charge on any atom is -0.456 e. The summed E-state index contributed by atoms with van der Waals surface area (Å²) in [6.07, 6.45) is 20.8. The van der Waals surface area contributed by atoms with Crippen LogP contribution in [0.3, 0.4) is 0 Å². The quantitative estimate of drug-likeness (QED) is 0.0153. The lowest BCUT2D eigenvalue weighted by Crippen LogP contribution is -2.78. The number of aliphatic hydroxyl groups excluding tert-OH is 3. The fourth-order valence-corrected chi connectivity index (χ4v) is 13.9. The summed E-state index contributed by atoms with van der Waals surface area (Å²) in [6.45, 7) is 6.14. The molecule has 574 valence electrons. The van der Waals surface area contributed by atoms with Gasteiger partial charge in [0.2, 0.25) is 23.6 Å². The predicted octanol–water partition coefficient (Wildman–Crippen LogP) is 11.4. The zero-order valence-electron chi connectivity index (χ0n) is 60.4. The zero-order valence-corrected chi connectivity index (χ0v) is 62.2. The van der Waals surface area contributed by atoms with Gasteiger partial charge in [0, 0.05) is 25.7 Å². The number of unbranched alkanes of at least 4 members (excludes halogenated alkanes) is 36. The third kappa shape index (κ3) is 40.6. The number of carbonyl (C=O) groups excluding carboxylic acids is 6. The number of hydrogen-bond acceptors (Lipinski definition) is 18. The van der Waals surface area contributed by atoms with Crippen molar-refractivity contribution in [2.24, 2.45) is 0 Å². The standard InChI is InChI=1S/C70H132N4O22P2/c1-6-10-14-18-22-26-28-32-36-40-44-48-59(78)73-63-66(93-61(80)50-71-57(76)46-42-38-34-30-24-20-16-12-8-3)65(96-98(87,88)89)55(52-75)91-68(63)90-53-56-64(82)67(94-62(81)51-72-58(77)47-43-39-35-31-25-21-17-13-9-4)70(69(83)92-56,54(5)95-97(84,85)86)74-60(79)49-45-41-37-33-29-27-23-19-15-11-7-2/h54-56,63-69,75,82-83H,6-53H2,1-5H3,(H,71,76)(H,72,77)(H,73,78)(H,74,79)(H2,84,85,86)(H2,87,88,89)/t54?,55-,56-,63-,64-,65-,66-,67+,68-,69+,70-/m1/s1. The fraction of sp³-hybridized carbons (Fsp3) is 0.914. The SMILES string of the molecule is CCCCCCCCCCCCCC(=O)N[C@H]1[C@H](OC[C@H]2O[C@H](O)[C@@](NC(=O)CCCCCCCCCCCCC)(C(C)OP(=O)(O)O)[C@@H](OC(=O)CNC(=O)CCCCCCCCCCC)[C@@H]2O)O[C@H](CO)[C@@H](OP(=O)(O)O)[C@@H]1OC(=O)CNC(=O)CCCCCCCCCCC. The van der Waals surface area contributed by atoms with Crippen molar-refractivity contribution in [3.63, 3.8) is 0 Å². The van der Waals surface area contributed by atoms with E-state index < -0.39 is 144 Å². The highest BCUT2D eigenvalue weighted by molar-refractivity contribution is 7.46. The maximum Gasteiger partial charge on any atom is 0.470 e. The van der Waals surface area contributed by atoms with Gasteiger partial charge in [-0.2, -0.15) is 0 Å². The molecule has 2 aliphatic heterocycles. The van der Waals surface area contributed by atoms with Gasteiger partial charge in [0.25, 0.3) is 0 Å². The first kappa shape index (κ1) is 90.9. The average molecular weight is 1440 g/mol. The van der Waals surface area contributed by atoms with E-state index in [4.69, 9.17) is 32.7 Å². The highest BCUT2D eigenvalue weighted by Gasteiger charge is 2.63. The molecule has 0 aromatic heterocycles. The highest BCUT2D eigenvalue weighted by Crippen LogP contribution is 2.45. The Kier molecular flexibility index (Phi) is 50.5. The Hall–Kier alpha value is -3.20. The average Bonchev–Trinajstić information content (AvgIpc) is 0.743. The molecule has 26 nitrogen and oxygen atoms in total. The molecule has 2 aliphatic rings. The van der Waals surface area contributed by atoms with Crippen LogP contribution in [-0.4, -0.2) is 164 Å². The number of nitrogens with one attached hydrogen (secondary N) is 4. The summed E-state index contributed by atoms with van der Waals surface area (Å²) in [4.78, 5) is 123. The van der Waals surface area contributed by atoms with E-state index in [2.05, 4.69) is 49.0 Å². The van der Waals surface area contributed by atoms with Crippen LogP contribution in [0.25, 0.3) is 0 Å². The van der Waals surface area contributed by atoms with Gasteiger partial charge < -0.3 is 79.8 Å². The topological polar surface area (TPSA) is 391 Å². The van der Waals surface area contributed by atoms with Crippen molar-refractivity contribution in [2.45, 2.75) is 384 Å². The Morgan fingerprint density at radius 2 is 0.816 bits per heavy atom. The Morgan fingerprint density at radius 3 is 1.18 bits per heavy atom. The smallest absolute Gasteiger partial charge is 0.456 e. The van der Waals surface area contributed by atoms with Crippen molar-refractivity contribution in [2.75, 3.05) is 26.3 Å². The third-order valence-electron chi connectivity index (χ3n) is 18.5.